The van der Waals surface area contributed by atoms with E-state index in [4.69, 9.17) is 15.2 Å². The Bertz CT molecular complexity index is 1420. The number of nitriles is 1. The van der Waals surface area contributed by atoms with Gasteiger partial charge in [0.2, 0.25) is 5.91 Å². The lowest BCUT2D eigenvalue weighted by Crippen LogP contribution is -2.45. The second-order valence-corrected chi connectivity index (χ2v) is 8.85. The number of nitrogens with zero attached hydrogens (tertiary/aromatic N) is 7. The first-order chi connectivity index (χ1) is 17.0. The molecule has 1 saturated heterocycles. The zero-order chi connectivity index (χ0) is 24.4. The maximum absolute atomic E-state index is 12.3. The van der Waals surface area contributed by atoms with Crippen molar-refractivity contribution in [1.82, 2.24) is 29.5 Å². The molecule has 0 aliphatic carbocycles. The fourth-order valence-electron chi connectivity index (χ4n) is 4.59. The van der Waals surface area contributed by atoms with Crippen molar-refractivity contribution in [2.45, 2.75) is 39.2 Å². The van der Waals surface area contributed by atoms with Crippen molar-refractivity contribution >= 4 is 17.2 Å². The van der Waals surface area contributed by atoms with E-state index in [2.05, 4.69) is 15.4 Å². The number of hydrogen-bond donors (Lipinski definition) is 1. The van der Waals surface area contributed by atoms with Gasteiger partial charge in [0.05, 0.1) is 29.0 Å². The van der Waals surface area contributed by atoms with Crippen LogP contribution >= 0.6 is 0 Å². The van der Waals surface area contributed by atoms with Gasteiger partial charge in [-0.15, -0.1) is 0 Å². The Morgan fingerprint density at radius 3 is 2.80 bits per heavy atom. The van der Waals surface area contributed by atoms with E-state index in [1.807, 2.05) is 62.5 Å². The molecule has 9 nitrogen and oxygen atoms in total. The number of rotatable bonds is 5. The summed E-state index contributed by atoms with van der Waals surface area (Å²) >= 11 is 0. The second kappa shape index (κ2) is 9.50. The third kappa shape index (κ3) is 4.82. The zero-order valence-corrected chi connectivity index (χ0v) is 19.8. The number of aryl methyl sites for hydroxylation is 2. The molecular formula is C26H26N8O. The van der Waals surface area contributed by atoms with Crippen molar-refractivity contribution in [2.24, 2.45) is 0 Å². The van der Waals surface area contributed by atoms with Gasteiger partial charge in [0.15, 0.2) is 5.82 Å². The van der Waals surface area contributed by atoms with Crippen molar-refractivity contribution in [3.05, 3.63) is 60.2 Å². The molecule has 1 fully saturated rings. The van der Waals surface area contributed by atoms with Crippen LogP contribution in [-0.2, 0) is 4.79 Å². The molecule has 5 rings (SSSR count). The molecule has 1 amide bonds. The number of likely N-dealkylation sites (tertiary alicyclic amines) is 1. The van der Waals surface area contributed by atoms with Gasteiger partial charge in [0.1, 0.15) is 12.2 Å². The second-order valence-electron chi connectivity index (χ2n) is 8.85. The highest BCUT2D eigenvalue weighted by molar-refractivity contribution is 5.79. The molecule has 0 saturated carbocycles. The predicted molar refractivity (Wildman–Crippen MR) is 132 cm³/mol. The molecule has 176 valence electrons. The summed E-state index contributed by atoms with van der Waals surface area (Å²) in [6.45, 7) is 5.16. The van der Waals surface area contributed by atoms with Crippen LogP contribution in [0.25, 0.3) is 28.2 Å². The number of nitrogens with one attached hydrogen (secondary N) is 1. The highest BCUT2D eigenvalue weighted by atomic mass is 16.2. The summed E-state index contributed by atoms with van der Waals surface area (Å²) in [7, 11) is 0. The van der Waals surface area contributed by atoms with Gasteiger partial charge in [-0.25, -0.2) is 14.5 Å². The first kappa shape index (κ1) is 22.5. The van der Waals surface area contributed by atoms with Crippen LogP contribution in [0.1, 0.15) is 30.7 Å². The Balaban J connectivity index is 1.53. The molecule has 0 radical (unpaired) electrons. The van der Waals surface area contributed by atoms with Gasteiger partial charge in [-0.2, -0.15) is 10.4 Å². The van der Waals surface area contributed by atoms with E-state index >= 15 is 0 Å². The third-order valence-electron chi connectivity index (χ3n) is 6.13. The quantitative estimate of drug-likeness (QED) is 0.476. The highest BCUT2D eigenvalue weighted by Gasteiger charge is 2.24. The van der Waals surface area contributed by atoms with E-state index in [-0.39, 0.29) is 18.4 Å². The average Bonchev–Trinajstić information content (AvgIpc) is 3.28. The Morgan fingerprint density at radius 1 is 1.17 bits per heavy atom. The number of anilines is 1. The Kier molecular flexibility index (Phi) is 6.10. The lowest BCUT2D eigenvalue weighted by atomic mass is 10.0. The maximum Gasteiger partial charge on any atom is 0.236 e. The highest BCUT2D eigenvalue weighted by Crippen LogP contribution is 2.28. The van der Waals surface area contributed by atoms with Crippen LogP contribution in [0, 0.1) is 25.2 Å². The number of fused-ring (bicyclic) bond motifs is 1. The van der Waals surface area contributed by atoms with Crippen LogP contribution in [0.4, 0.5) is 5.82 Å². The molecule has 4 aromatic heterocycles. The summed E-state index contributed by atoms with van der Waals surface area (Å²) in [6.07, 6.45) is 5.37. The number of carbonyl (C=O) groups is 1. The van der Waals surface area contributed by atoms with E-state index in [1.165, 1.54) is 0 Å². The molecule has 1 N–H and O–H groups in total. The Hall–Kier alpha value is -4.32. The van der Waals surface area contributed by atoms with Crippen LogP contribution in [0.2, 0.25) is 0 Å². The Morgan fingerprint density at radius 2 is 2.00 bits per heavy atom. The smallest absolute Gasteiger partial charge is 0.236 e. The normalized spacial score (nSPS) is 15.7. The van der Waals surface area contributed by atoms with Crippen LogP contribution in [0.5, 0.6) is 0 Å². The maximum atomic E-state index is 12.3. The zero-order valence-electron chi connectivity index (χ0n) is 19.8. The topological polar surface area (TPSA) is 112 Å². The lowest BCUT2D eigenvalue weighted by molar-refractivity contribution is -0.131. The number of pyridine rings is 2. The van der Waals surface area contributed by atoms with Crippen molar-refractivity contribution in [3.63, 3.8) is 0 Å². The number of carbonyl (C=O) groups excluding carboxylic acids is 1. The van der Waals surface area contributed by atoms with E-state index in [1.54, 1.807) is 15.6 Å². The molecule has 0 spiro atoms. The molecule has 0 unspecified atom stereocenters. The van der Waals surface area contributed by atoms with Gasteiger partial charge in [-0.3, -0.25) is 9.78 Å². The first-order valence-electron chi connectivity index (χ1n) is 11.7. The van der Waals surface area contributed by atoms with E-state index in [0.29, 0.717) is 24.7 Å². The number of amides is 1. The summed E-state index contributed by atoms with van der Waals surface area (Å²) in [6, 6.07) is 13.9. The SMILES string of the molecule is Cc1cc(-c2cc(N[C@@H]3CCCN(C(=O)CC#N)C3)nc(-c3cnn4ccccc34)n2)cc(C)n1. The molecular weight excluding hydrogens is 440 g/mol. The van der Waals surface area contributed by atoms with Crippen molar-refractivity contribution in [3.8, 4) is 28.7 Å². The van der Waals surface area contributed by atoms with E-state index < -0.39 is 0 Å². The minimum atomic E-state index is -0.128. The summed E-state index contributed by atoms with van der Waals surface area (Å²) in [5, 5.41) is 16.9. The molecule has 5 heterocycles. The van der Waals surface area contributed by atoms with Crippen LogP contribution in [0.15, 0.2) is 48.8 Å². The van der Waals surface area contributed by atoms with Gasteiger partial charge in [-0.1, -0.05) is 6.07 Å². The third-order valence-corrected chi connectivity index (χ3v) is 6.13. The predicted octanol–water partition coefficient (Wildman–Crippen LogP) is 3.79. The molecule has 1 atom stereocenters. The fraction of sp³-hybridized carbons (Fsp3) is 0.308. The Labute approximate surface area is 203 Å². The molecule has 4 aromatic rings. The number of aromatic nitrogens is 5. The molecule has 0 aromatic carbocycles. The molecule has 9 heteroatoms. The molecule has 35 heavy (non-hydrogen) atoms. The van der Waals surface area contributed by atoms with Crippen molar-refractivity contribution in [1.29, 1.82) is 5.26 Å². The van der Waals surface area contributed by atoms with Crippen LogP contribution in [0.3, 0.4) is 0 Å². The van der Waals surface area contributed by atoms with Crippen molar-refractivity contribution < 1.29 is 4.79 Å². The average molecular weight is 467 g/mol. The standard InChI is InChI=1S/C26H26N8O/c1-17-12-19(13-18(2)29-17)22-14-24(30-20-6-5-10-33(16-20)25(35)8-9-27)32-26(31-22)21-15-28-34-11-4-3-7-23(21)34/h3-4,7,11-15,20H,5-6,8,10,16H2,1-2H3,(H,30,31,32)/t20-/m1/s1. The van der Waals surface area contributed by atoms with Gasteiger partial charge < -0.3 is 10.2 Å². The molecule has 1 aliphatic rings. The van der Waals surface area contributed by atoms with Gasteiger partial charge in [0.25, 0.3) is 0 Å². The minimum absolute atomic E-state index is 0.0341. The summed E-state index contributed by atoms with van der Waals surface area (Å²) in [5.41, 5.74) is 5.35. The first-order valence-corrected chi connectivity index (χ1v) is 11.7. The van der Waals surface area contributed by atoms with Gasteiger partial charge >= 0.3 is 0 Å². The van der Waals surface area contributed by atoms with Crippen LogP contribution < -0.4 is 5.32 Å². The number of hydrogen-bond acceptors (Lipinski definition) is 7. The minimum Gasteiger partial charge on any atom is -0.365 e. The van der Waals surface area contributed by atoms with Gasteiger partial charge in [-0.05, 0) is 51.0 Å². The largest absolute Gasteiger partial charge is 0.365 e. The van der Waals surface area contributed by atoms with Crippen LogP contribution in [-0.4, -0.2) is 54.5 Å². The van der Waals surface area contributed by atoms with E-state index in [0.717, 1.165) is 46.6 Å². The van der Waals surface area contributed by atoms with Crippen molar-refractivity contribution in [2.75, 3.05) is 18.4 Å². The lowest BCUT2D eigenvalue weighted by Gasteiger charge is -2.33. The molecule has 0 bridgehead atoms. The fourth-order valence-corrected chi connectivity index (χ4v) is 4.59. The van der Waals surface area contributed by atoms with Gasteiger partial charge in [0, 0.05) is 48.3 Å². The summed E-state index contributed by atoms with van der Waals surface area (Å²) in [4.78, 5) is 28.3. The monoisotopic (exact) mass is 466 g/mol. The summed E-state index contributed by atoms with van der Waals surface area (Å²) < 4.78 is 1.80. The molecule has 1 aliphatic heterocycles. The number of piperidine rings is 1. The van der Waals surface area contributed by atoms with E-state index in [9.17, 15) is 4.79 Å². The summed E-state index contributed by atoms with van der Waals surface area (Å²) in [5.74, 6) is 1.13.